The Hall–Kier alpha value is -1.32. The van der Waals surface area contributed by atoms with E-state index < -0.39 is 0 Å². The van der Waals surface area contributed by atoms with E-state index in [1.54, 1.807) is 6.08 Å². The molecule has 4 heteroatoms. The summed E-state index contributed by atoms with van der Waals surface area (Å²) in [6.07, 6.45) is 1.80. The fourth-order valence-corrected chi connectivity index (χ4v) is 1.80. The number of carbonyl (C=O) groups excluding carboxylic acids is 1. The van der Waals surface area contributed by atoms with Crippen molar-refractivity contribution in [3.8, 4) is 0 Å². The molecular weight excluding hydrogens is 248 g/mol. The van der Waals surface area contributed by atoms with Crippen molar-refractivity contribution in [1.82, 2.24) is 4.90 Å². The van der Waals surface area contributed by atoms with Gasteiger partial charge >= 0.3 is 0 Å². The van der Waals surface area contributed by atoms with Crippen molar-refractivity contribution >= 4 is 23.2 Å². The van der Waals surface area contributed by atoms with Crippen LogP contribution in [0.3, 0.4) is 0 Å². The minimum Gasteiger partial charge on any atom is -0.324 e. The number of para-hydroxylation sites is 1. The molecule has 0 spiro atoms. The standard InChI is InChI=1S/C14H19ClN2O/c1-11-6-4-7-12(2)14(11)16-13(18)10-17(3)9-5-8-15/h4-8H,9-10H2,1-3H3,(H,16,18)/b8-5+. The molecule has 1 N–H and O–H groups in total. The maximum atomic E-state index is 11.9. The molecule has 1 aromatic carbocycles. The molecule has 0 unspecified atom stereocenters. The van der Waals surface area contributed by atoms with Crippen LogP contribution in [0.2, 0.25) is 0 Å². The number of hydrogen-bond acceptors (Lipinski definition) is 2. The summed E-state index contributed by atoms with van der Waals surface area (Å²) in [6.45, 7) is 4.98. The third-order valence-electron chi connectivity index (χ3n) is 2.67. The zero-order chi connectivity index (χ0) is 13.5. The van der Waals surface area contributed by atoms with Gasteiger partial charge in [0.15, 0.2) is 0 Å². The van der Waals surface area contributed by atoms with E-state index in [0.717, 1.165) is 16.8 Å². The highest BCUT2D eigenvalue weighted by Crippen LogP contribution is 2.19. The third kappa shape index (κ3) is 4.51. The predicted octanol–water partition coefficient (Wildman–Crippen LogP) is 2.93. The second kappa shape index (κ2) is 7.19. The maximum absolute atomic E-state index is 11.9. The first kappa shape index (κ1) is 14.7. The number of rotatable bonds is 5. The Morgan fingerprint density at radius 1 is 1.39 bits per heavy atom. The van der Waals surface area contributed by atoms with E-state index in [0.29, 0.717) is 13.1 Å². The van der Waals surface area contributed by atoms with Crippen LogP contribution in [0.1, 0.15) is 11.1 Å². The normalized spacial score (nSPS) is 11.2. The van der Waals surface area contributed by atoms with Crippen molar-refractivity contribution in [3.05, 3.63) is 40.9 Å². The summed E-state index contributed by atoms with van der Waals surface area (Å²) < 4.78 is 0. The maximum Gasteiger partial charge on any atom is 0.238 e. The lowest BCUT2D eigenvalue weighted by Crippen LogP contribution is -2.30. The molecule has 0 fully saturated rings. The zero-order valence-electron chi connectivity index (χ0n) is 11.0. The molecule has 1 aromatic rings. The summed E-state index contributed by atoms with van der Waals surface area (Å²) in [5, 5.41) is 2.95. The van der Waals surface area contributed by atoms with Gasteiger partial charge in [-0.3, -0.25) is 9.69 Å². The molecule has 0 saturated heterocycles. The lowest BCUT2D eigenvalue weighted by Gasteiger charge is -2.16. The molecule has 0 radical (unpaired) electrons. The molecule has 0 aliphatic rings. The number of amides is 1. The molecule has 0 aromatic heterocycles. The van der Waals surface area contributed by atoms with Crippen molar-refractivity contribution in [2.75, 3.05) is 25.5 Å². The van der Waals surface area contributed by atoms with Crippen molar-refractivity contribution in [3.63, 3.8) is 0 Å². The van der Waals surface area contributed by atoms with Gasteiger partial charge in [0.1, 0.15) is 0 Å². The van der Waals surface area contributed by atoms with Crippen LogP contribution in [0.15, 0.2) is 29.8 Å². The van der Waals surface area contributed by atoms with Gasteiger partial charge in [0, 0.05) is 17.8 Å². The van der Waals surface area contributed by atoms with E-state index in [4.69, 9.17) is 11.6 Å². The van der Waals surface area contributed by atoms with Gasteiger partial charge in [-0.1, -0.05) is 35.9 Å². The fourth-order valence-electron chi connectivity index (χ4n) is 1.72. The molecule has 0 saturated carbocycles. The van der Waals surface area contributed by atoms with Crippen molar-refractivity contribution in [2.45, 2.75) is 13.8 Å². The van der Waals surface area contributed by atoms with E-state index in [1.807, 2.05) is 44.0 Å². The zero-order valence-corrected chi connectivity index (χ0v) is 11.8. The molecule has 0 bridgehead atoms. The number of carbonyl (C=O) groups is 1. The Labute approximate surface area is 113 Å². The molecule has 3 nitrogen and oxygen atoms in total. The summed E-state index contributed by atoms with van der Waals surface area (Å²) >= 11 is 5.45. The molecule has 0 aliphatic heterocycles. The van der Waals surface area contributed by atoms with E-state index in [1.165, 1.54) is 5.54 Å². The number of likely N-dealkylation sites (N-methyl/N-ethyl adjacent to an activating group) is 1. The third-order valence-corrected chi connectivity index (χ3v) is 2.84. The number of halogens is 1. The molecule has 0 atom stereocenters. The number of aryl methyl sites for hydroxylation is 2. The van der Waals surface area contributed by atoms with Gasteiger partial charge in [-0.25, -0.2) is 0 Å². The lowest BCUT2D eigenvalue weighted by molar-refractivity contribution is -0.116. The van der Waals surface area contributed by atoms with Crippen LogP contribution in [-0.4, -0.2) is 30.9 Å². The van der Waals surface area contributed by atoms with E-state index in [2.05, 4.69) is 5.32 Å². The topological polar surface area (TPSA) is 32.3 Å². The first-order valence-electron chi connectivity index (χ1n) is 5.84. The van der Waals surface area contributed by atoms with E-state index in [-0.39, 0.29) is 5.91 Å². The van der Waals surface area contributed by atoms with E-state index in [9.17, 15) is 4.79 Å². The molecule has 98 valence electrons. The average molecular weight is 267 g/mol. The fraction of sp³-hybridized carbons (Fsp3) is 0.357. The highest BCUT2D eigenvalue weighted by molar-refractivity contribution is 6.25. The molecule has 0 heterocycles. The van der Waals surface area contributed by atoms with Crippen LogP contribution in [0.4, 0.5) is 5.69 Å². The van der Waals surface area contributed by atoms with Crippen molar-refractivity contribution in [1.29, 1.82) is 0 Å². The summed E-state index contributed by atoms with van der Waals surface area (Å²) in [6, 6.07) is 5.96. The minimum atomic E-state index is -0.0159. The average Bonchev–Trinajstić information content (AvgIpc) is 2.31. The highest BCUT2D eigenvalue weighted by Gasteiger charge is 2.08. The highest BCUT2D eigenvalue weighted by atomic mass is 35.5. The Morgan fingerprint density at radius 2 is 2.00 bits per heavy atom. The minimum absolute atomic E-state index is 0.0159. The van der Waals surface area contributed by atoms with Gasteiger partial charge in [0.05, 0.1) is 6.54 Å². The van der Waals surface area contributed by atoms with Gasteiger partial charge in [0.2, 0.25) is 5.91 Å². The number of benzene rings is 1. The summed E-state index contributed by atoms with van der Waals surface area (Å²) in [4.78, 5) is 13.8. The Bertz CT molecular complexity index is 423. The lowest BCUT2D eigenvalue weighted by atomic mass is 10.1. The number of nitrogens with zero attached hydrogens (tertiary/aromatic N) is 1. The monoisotopic (exact) mass is 266 g/mol. The summed E-state index contributed by atoms with van der Waals surface area (Å²) in [7, 11) is 1.88. The molecular formula is C14H19ClN2O. The SMILES string of the molecule is Cc1cccc(C)c1NC(=O)CN(C)C/C=C/Cl. The predicted molar refractivity (Wildman–Crippen MR) is 77.0 cm³/mol. The molecule has 0 aliphatic carbocycles. The Morgan fingerprint density at radius 3 is 2.56 bits per heavy atom. The second-order valence-electron chi connectivity index (χ2n) is 4.37. The van der Waals surface area contributed by atoms with Crippen LogP contribution < -0.4 is 5.32 Å². The molecule has 1 amide bonds. The van der Waals surface area contributed by atoms with Crippen molar-refractivity contribution in [2.24, 2.45) is 0 Å². The van der Waals surface area contributed by atoms with Gasteiger partial charge in [0.25, 0.3) is 0 Å². The van der Waals surface area contributed by atoms with Crippen LogP contribution >= 0.6 is 11.6 Å². The first-order chi connectivity index (χ1) is 8.54. The van der Waals surface area contributed by atoms with Gasteiger partial charge in [-0.05, 0) is 32.0 Å². The largest absolute Gasteiger partial charge is 0.324 e. The summed E-state index contributed by atoms with van der Waals surface area (Å²) in [5.41, 5.74) is 4.52. The van der Waals surface area contributed by atoms with Crippen LogP contribution in [0.5, 0.6) is 0 Å². The van der Waals surface area contributed by atoms with Crippen LogP contribution in [0.25, 0.3) is 0 Å². The number of hydrogen-bond donors (Lipinski definition) is 1. The van der Waals surface area contributed by atoms with E-state index >= 15 is 0 Å². The molecule has 18 heavy (non-hydrogen) atoms. The van der Waals surface area contributed by atoms with Crippen molar-refractivity contribution < 1.29 is 4.79 Å². The smallest absolute Gasteiger partial charge is 0.238 e. The quantitative estimate of drug-likeness (QED) is 0.889. The van der Waals surface area contributed by atoms with Gasteiger partial charge in [-0.15, -0.1) is 0 Å². The summed E-state index contributed by atoms with van der Waals surface area (Å²) in [5.74, 6) is -0.0159. The van der Waals surface area contributed by atoms with Crippen LogP contribution in [0, 0.1) is 13.8 Å². The van der Waals surface area contributed by atoms with Gasteiger partial charge in [-0.2, -0.15) is 0 Å². The number of anilines is 1. The first-order valence-corrected chi connectivity index (χ1v) is 6.28. The Kier molecular flexibility index (Phi) is 5.89. The Balaban J connectivity index is 2.59. The molecule has 1 rings (SSSR count). The second-order valence-corrected chi connectivity index (χ2v) is 4.63. The van der Waals surface area contributed by atoms with Gasteiger partial charge < -0.3 is 5.32 Å². The number of nitrogens with one attached hydrogen (secondary N) is 1. The van der Waals surface area contributed by atoms with Crippen LogP contribution in [-0.2, 0) is 4.79 Å².